The quantitative estimate of drug-likeness (QED) is 0.499. The molecule has 0 aliphatic rings. The molecule has 9 nitrogen and oxygen atoms in total. The number of aliphatic hydroxyl groups is 1. The number of anilines is 1. The zero-order valence-electron chi connectivity index (χ0n) is 15.3. The lowest BCUT2D eigenvalue weighted by Crippen LogP contribution is -2.39. The number of fused-ring (bicyclic) bond motifs is 1. The molecule has 5 N–H and O–H groups in total. The number of imidazole rings is 1. The van der Waals surface area contributed by atoms with Crippen molar-refractivity contribution >= 4 is 17.1 Å². The van der Waals surface area contributed by atoms with Crippen molar-refractivity contribution in [2.45, 2.75) is 58.2 Å². The summed E-state index contributed by atoms with van der Waals surface area (Å²) in [6, 6.07) is 0. The summed E-state index contributed by atoms with van der Waals surface area (Å²) in [4.78, 5) is 32.3. The Labute approximate surface area is 145 Å². The molecule has 140 valence electrons. The third-order valence-corrected chi connectivity index (χ3v) is 3.94. The van der Waals surface area contributed by atoms with Crippen molar-refractivity contribution in [2.75, 3.05) is 11.9 Å². The summed E-state index contributed by atoms with van der Waals surface area (Å²) >= 11 is 0. The van der Waals surface area contributed by atoms with E-state index in [2.05, 4.69) is 15.3 Å². The molecule has 0 spiro atoms. The van der Waals surface area contributed by atoms with E-state index in [1.54, 1.807) is 14.0 Å². The Balaban J connectivity index is 2.29. The van der Waals surface area contributed by atoms with Crippen LogP contribution in [0.3, 0.4) is 0 Å². The molecule has 2 rings (SSSR count). The summed E-state index contributed by atoms with van der Waals surface area (Å²) in [5.74, 6) is 0.410. The zero-order valence-corrected chi connectivity index (χ0v) is 15.3. The Bertz CT molecular complexity index is 840. The second kappa shape index (κ2) is 7.40. The molecule has 2 aromatic heterocycles. The number of nitrogens with one attached hydrogen (secondary N) is 2. The molecule has 0 radical (unpaired) electrons. The van der Waals surface area contributed by atoms with Crippen molar-refractivity contribution in [1.82, 2.24) is 19.1 Å². The first kappa shape index (κ1) is 19.2. The Morgan fingerprint density at radius 3 is 2.64 bits per heavy atom. The Kier molecular flexibility index (Phi) is 5.69. The predicted molar refractivity (Wildman–Crippen MR) is 97.9 cm³/mol. The van der Waals surface area contributed by atoms with Gasteiger partial charge in [0.15, 0.2) is 11.2 Å². The first-order valence-electron chi connectivity index (χ1n) is 8.50. The fourth-order valence-corrected chi connectivity index (χ4v) is 2.55. The van der Waals surface area contributed by atoms with E-state index in [0.717, 1.165) is 6.42 Å². The molecule has 0 bridgehead atoms. The van der Waals surface area contributed by atoms with E-state index < -0.39 is 11.2 Å². The number of aromatic amines is 1. The number of aliphatic hydroxyl groups excluding tert-OH is 1. The molecule has 0 saturated heterocycles. The van der Waals surface area contributed by atoms with Gasteiger partial charge in [-0.05, 0) is 40.0 Å². The fourth-order valence-electron chi connectivity index (χ4n) is 2.55. The van der Waals surface area contributed by atoms with Crippen LogP contribution in [-0.2, 0) is 13.6 Å². The SMILES string of the molecule is CC(O)CCCCn1c(=O)c2[nH]c(NCC(C)(C)N)nc2n(C)c1=O. The maximum absolute atomic E-state index is 12.6. The van der Waals surface area contributed by atoms with Crippen LogP contribution in [0.5, 0.6) is 0 Å². The highest BCUT2D eigenvalue weighted by molar-refractivity contribution is 5.72. The number of nitrogens with zero attached hydrogens (tertiary/aromatic N) is 3. The maximum Gasteiger partial charge on any atom is 0.332 e. The van der Waals surface area contributed by atoms with Crippen molar-refractivity contribution in [3.05, 3.63) is 20.8 Å². The van der Waals surface area contributed by atoms with Gasteiger partial charge >= 0.3 is 5.69 Å². The standard InChI is InChI=1S/C16H28N6O3/c1-10(23)7-5-6-8-22-13(24)11-12(21(4)15(22)25)20-14(19-11)18-9-16(2,3)17/h10,23H,5-9,17H2,1-4H3,(H2,18,19,20). The average molecular weight is 352 g/mol. The third-order valence-electron chi connectivity index (χ3n) is 3.94. The minimum absolute atomic E-state index is 0.287. The second-order valence-electron chi connectivity index (χ2n) is 7.27. The van der Waals surface area contributed by atoms with Gasteiger partial charge in [0.25, 0.3) is 5.56 Å². The van der Waals surface area contributed by atoms with Gasteiger partial charge in [0.1, 0.15) is 0 Å². The molecular formula is C16H28N6O3. The summed E-state index contributed by atoms with van der Waals surface area (Å²) in [5, 5.41) is 12.3. The van der Waals surface area contributed by atoms with Crippen LogP contribution in [0.15, 0.2) is 9.59 Å². The highest BCUT2D eigenvalue weighted by Crippen LogP contribution is 2.10. The van der Waals surface area contributed by atoms with E-state index in [9.17, 15) is 14.7 Å². The van der Waals surface area contributed by atoms with Crippen LogP contribution in [0.25, 0.3) is 11.2 Å². The van der Waals surface area contributed by atoms with Gasteiger partial charge in [-0.25, -0.2) is 4.79 Å². The minimum atomic E-state index is -0.436. The van der Waals surface area contributed by atoms with Crippen LogP contribution in [-0.4, -0.2) is 42.4 Å². The summed E-state index contributed by atoms with van der Waals surface area (Å²) in [6.07, 6.45) is 1.65. The normalized spacial score (nSPS) is 13.4. The monoisotopic (exact) mass is 352 g/mol. The van der Waals surface area contributed by atoms with Gasteiger partial charge in [-0.2, -0.15) is 4.98 Å². The van der Waals surface area contributed by atoms with Gasteiger partial charge < -0.3 is 21.1 Å². The molecule has 0 aliphatic carbocycles. The number of hydrogen-bond donors (Lipinski definition) is 4. The third kappa shape index (κ3) is 4.70. The number of H-pyrrole nitrogens is 1. The molecule has 0 aromatic carbocycles. The first-order valence-corrected chi connectivity index (χ1v) is 8.50. The van der Waals surface area contributed by atoms with E-state index in [4.69, 9.17) is 5.73 Å². The van der Waals surface area contributed by atoms with Crippen LogP contribution in [0, 0.1) is 0 Å². The van der Waals surface area contributed by atoms with Crippen LogP contribution in [0.2, 0.25) is 0 Å². The van der Waals surface area contributed by atoms with Crippen LogP contribution >= 0.6 is 0 Å². The highest BCUT2D eigenvalue weighted by Gasteiger charge is 2.17. The van der Waals surface area contributed by atoms with Crippen molar-refractivity contribution in [3.63, 3.8) is 0 Å². The van der Waals surface area contributed by atoms with Gasteiger partial charge in [0, 0.05) is 25.7 Å². The molecule has 9 heteroatoms. The fraction of sp³-hybridized carbons (Fsp3) is 0.688. The Morgan fingerprint density at radius 1 is 1.36 bits per heavy atom. The van der Waals surface area contributed by atoms with E-state index in [1.807, 2.05) is 13.8 Å². The predicted octanol–water partition coefficient (Wildman–Crippen LogP) is 0.124. The van der Waals surface area contributed by atoms with Crippen LogP contribution < -0.4 is 22.3 Å². The molecule has 0 fully saturated rings. The zero-order chi connectivity index (χ0) is 18.8. The minimum Gasteiger partial charge on any atom is -0.393 e. The Morgan fingerprint density at radius 2 is 2.04 bits per heavy atom. The van der Waals surface area contributed by atoms with Crippen LogP contribution in [0.4, 0.5) is 5.95 Å². The summed E-state index contributed by atoms with van der Waals surface area (Å²) in [7, 11) is 1.59. The van der Waals surface area contributed by atoms with Crippen molar-refractivity contribution in [2.24, 2.45) is 12.8 Å². The van der Waals surface area contributed by atoms with Crippen molar-refractivity contribution in [1.29, 1.82) is 0 Å². The van der Waals surface area contributed by atoms with E-state index >= 15 is 0 Å². The Hall–Kier alpha value is -2.13. The van der Waals surface area contributed by atoms with Gasteiger partial charge in [0.05, 0.1) is 6.10 Å². The van der Waals surface area contributed by atoms with E-state index in [0.29, 0.717) is 37.5 Å². The number of aryl methyl sites for hydroxylation is 1. The summed E-state index contributed by atoms with van der Waals surface area (Å²) in [5.41, 5.74) is 5.31. The average Bonchev–Trinajstić information content (AvgIpc) is 2.94. The molecular weight excluding hydrogens is 324 g/mol. The lowest BCUT2D eigenvalue weighted by molar-refractivity contribution is 0.180. The highest BCUT2D eigenvalue weighted by atomic mass is 16.3. The van der Waals surface area contributed by atoms with Gasteiger partial charge in [0.2, 0.25) is 5.95 Å². The van der Waals surface area contributed by atoms with E-state index in [1.165, 1.54) is 9.13 Å². The number of aromatic nitrogens is 4. The lowest BCUT2D eigenvalue weighted by atomic mass is 10.1. The van der Waals surface area contributed by atoms with Crippen molar-refractivity contribution in [3.8, 4) is 0 Å². The summed E-state index contributed by atoms with van der Waals surface area (Å²) in [6.45, 7) is 6.25. The molecule has 2 heterocycles. The van der Waals surface area contributed by atoms with Crippen molar-refractivity contribution < 1.29 is 5.11 Å². The van der Waals surface area contributed by atoms with E-state index in [-0.39, 0.29) is 17.2 Å². The topological polar surface area (TPSA) is 131 Å². The molecule has 0 aliphatic heterocycles. The largest absolute Gasteiger partial charge is 0.393 e. The van der Waals surface area contributed by atoms with Gasteiger partial charge in [-0.1, -0.05) is 0 Å². The smallest absolute Gasteiger partial charge is 0.332 e. The number of hydrogen-bond acceptors (Lipinski definition) is 6. The number of nitrogens with two attached hydrogens (primary N) is 1. The summed E-state index contributed by atoms with van der Waals surface area (Å²) < 4.78 is 2.57. The van der Waals surface area contributed by atoms with Crippen LogP contribution in [0.1, 0.15) is 40.0 Å². The molecule has 1 unspecified atom stereocenters. The lowest BCUT2D eigenvalue weighted by Gasteiger charge is -2.18. The molecule has 0 saturated carbocycles. The molecule has 2 aromatic rings. The molecule has 0 amide bonds. The second-order valence-corrected chi connectivity index (χ2v) is 7.27. The number of rotatable bonds is 8. The molecule has 25 heavy (non-hydrogen) atoms. The van der Waals surface area contributed by atoms with Gasteiger partial charge in [-0.3, -0.25) is 13.9 Å². The van der Waals surface area contributed by atoms with Gasteiger partial charge in [-0.15, -0.1) is 0 Å². The number of unbranched alkanes of at least 4 members (excludes halogenated alkanes) is 1. The first-order chi connectivity index (χ1) is 11.6. The maximum atomic E-state index is 12.6. The molecule has 1 atom stereocenters.